The largest absolute Gasteiger partial charge is 0.298 e. The first-order valence-corrected chi connectivity index (χ1v) is 8.55. The minimum Gasteiger partial charge on any atom is -0.298 e. The van der Waals surface area contributed by atoms with Crippen molar-refractivity contribution in [1.29, 1.82) is 0 Å². The number of piperidine rings is 2. The number of rotatable bonds is 4. The first-order chi connectivity index (χ1) is 10.7. The average molecular weight is 296 g/mol. The lowest BCUT2D eigenvalue weighted by atomic mass is 10.0. The summed E-state index contributed by atoms with van der Waals surface area (Å²) in [5.41, 5.74) is 5.69. The summed E-state index contributed by atoms with van der Waals surface area (Å²) in [6.45, 7) is 15.0. The third-order valence-electron chi connectivity index (χ3n) is 4.96. The number of benzene rings is 1. The van der Waals surface area contributed by atoms with Gasteiger partial charge in [0.2, 0.25) is 0 Å². The monoisotopic (exact) mass is 296 g/mol. The smallest absolute Gasteiger partial charge is 0.0233 e. The van der Waals surface area contributed by atoms with Gasteiger partial charge < -0.3 is 0 Å². The highest BCUT2D eigenvalue weighted by atomic mass is 15.1. The van der Waals surface area contributed by atoms with Gasteiger partial charge in [-0.2, -0.15) is 0 Å². The van der Waals surface area contributed by atoms with Crippen LogP contribution in [0.15, 0.2) is 48.6 Å². The van der Waals surface area contributed by atoms with E-state index in [0.29, 0.717) is 0 Å². The van der Waals surface area contributed by atoms with Gasteiger partial charge in [-0.1, -0.05) is 48.6 Å². The van der Waals surface area contributed by atoms with Gasteiger partial charge in [-0.05, 0) is 36.8 Å². The summed E-state index contributed by atoms with van der Waals surface area (Å²) in [6, 6.07) is 9.23. The highest BCUT2D eigenvalue weighted by molar-refractivity contribution is 5.23. The molecule has 2 saturated heterocycles. The van der Waals surface area contributed by atoms with E-state index in [1.165, 1.54) is 48.0 Å². The molecule has 2 heteroatoms. The molecule has 22 heavy (non-hydrogen) atoms. The van der Waals surface area contributed by atoms with Crippen LogP contribution in [-0.4, -0.2) is 36.0 Å². The first kappa shape index (κ1) is 15.5. The van der Waals surface area contributed by atoms with Crippen LogP contribution in [0.25, 0.3) is 0 Å². The Bertz CT molecular complexity index is 460. The van der Waals surface area contributed by atoms with E-state index in [9.17, 15) is 0 Å². The number of hydrogen-bond donors (Lipinski definition) is 0. The van der Waals surface area contributed by atoms with Crippen LogP contribution in [-0.2, 0) is 13.1 Å². The van der Waals surface area contributed by atoms with Gasteiger partial charge in [0.25, 0.3) is 0 Å². The Labute approximate surface area is 135 Å². The summed E-state index contributed by atoms with van der Waals surface area (Å²) in [6.07, 6.45) is 4.66. The molecule has 0 radical (unpaired) electrons. The van der Waals surface area contributed by atoms with Gasteiger partial charge in [-0.15, -0.1) is 0 Å². The molecule has 118 valence electrons. The van der Waals surface area contributed by atoms with Crippen molar-refractivity contribution < 1.29 is 0 Å². The van der Waals surface area contributed by atoms with Crippen LogP contribution in [0.1, 0.15) is 36.8 Å². The number of nitrogens with zero attached hydrogens (tertiary/aromatic N) is 2. The number of likely N-dealkylation sites (tertiary alicyclic amines) is 2. The van der Waals surface area contributed by atoms with Gasteiger partial charge in [0.05, 0.1) is 0 Å². The van der Waals surface area contributed by atoms with Crippen LogP contribution in [0, 0.1) is 0 Å². The van der Waals surface area contributed by atoms with Crippen molar-refractivity contribution in [2.24, 2.45) is 0 Å². The standard InChI is InChI=1S/C20H28N2/c1-17-7-11-21(12-8-17)15-19-3-5-20(6-4-19)16-22-13-9-18(2)10-14-22/h3-6H,1-2,7-16H2. The van der Waals surface area contributed by atoms with E-state index < -0.39 is 0 Å². The molecular weight excluding hydrogens is 268 g/mol. The Morgan fingerprint density at radius 2 is 0.955 bits per heavy atom. The van der Waals surface area contributed by atoms with Gasteiger partial charge in [0, 0.05) is 39.3 Å². The predicted octanol–water partition coefficient (Wildman–Crippen LogP) is 3.99. The van der Waals surface area contributed by atoms with Gasteiger partial charge in [0.15, 0.2) is 0 Å². The highest BCUT2D eigenvalue weighted by Crippen LogP contribution is 2.19. The highest BCUT2D eigenvalue weighted by Gasteiger charge is 2.14. The van der Waals surface area contributed by atoms with Crippen LogP contribution >= 0.6 is 0 Å². The van der Waals surface area contributed by atoms with Gasteiger partial charge in [0.1, 0.15) is 0 Å². The lowest BCUT2D eigenvalue weighted by molar-refractivity contribution is 0.246. The van der Waals surface area contributed by atoms with Crippen molar-refractivity contribution >= 4 is 0 Å². The van der Waals surface area contributed by atoms with E-state index in [4.69, 9.17) is 0 Å². The second-order valence-corrected chi connectivity index (χ2v) is 6.87. The Balaban J connectivity index is 1.49. The zero-order valence-electron chi connectivity index (χ0n) is 13.7. The molecule has 0 aromatic heterocycles. The lowest BCUT2D eigenvalue weighted by Gasteiger charge is -2.28. The van der Waals surface area contributed by atoms with Crippen LogP contribution in [0.4, 0.5) is 0 Å². The van der Waals surface area contributed by atoms with Crippen molar-refractivity contribution in [2.45, 2.75) is 38.8 Å². The molecule has 0 aliphatic carbocycles. The van der Waals surface area contributed by atoms with Crippen LogP contribution in [0.2, 0.25) is 0 Å². The summed E-state index contributed by atoms with van der Waals surface area (Å²) >= 11 is 0. The van der Waals surface area contributed by atoms with E-state index in [1.807, 2.05) is 0 Å². The average Bonchev–Trinajstić information content (AvgIpc) is 2.54. The molecule has 2 nitrogen and oxygen atoms in total. The maximum Gasteiger partial charge on any atom is 0.0233 e. The van der Waals surface area contributed by atoms with E-state index in [0.717, 1.165) is 39.3 Å². The summed E-state index contributed by atoms with van der Waals surface area (Å²) in [5, 5.41) is 0. The molecular formula is C20H28N2. The third kappa shape index (κ3) is 4.31. The molecule has 0 bridgehead atoms. The zero-order chi connectivity index (χ0) is 15.4. The molecule has 1 aromatic rings. The fourth-order valence-corrected chi connectivity index (χ4v) is 3.32. The van der Waals surface area contributed by atoms with E-state index in [2.05, 4.69) is 47.2 Å². The molecule has 1 aromatic carbocycles. The van der Waals surface area contributed by atoms with Crippen molar-refractivity contribution in [3.05, 3.63) is 59.7 Å². The molecule has 0 N–H and O–H groups in total. The van der Waals surface area contributed by atoms with Crippen LogP contribution < -0.4 is 0 Å². The summed E-state index contributed by atoms with van der Waals surface area (Å²) < 4.78 is 0. The molecule has 2 heterocycles. The molecule has 0 saturated carbocycles. The quantitative estimate of drug-likeness (QED) is 0.775. The topological polar surface area (TPSA) is 6.48 Å². The Morgan fingerprint density at radius 1 is 0.636 bits per heavy atom. The minimum atomic E-state index is 1.08. The molecule has 0 atom stereocenters. The van der Waals surface area contributed by atoms with Crippen LogP contribution in [0.3, 0.4) is 0 Å². The normalized spacial score (nSPS) is 21.3. The molecule has 0 unspecified atom stereocenters. The fraction of sp³-hybridized carbons (Fsp3) is 0.500. The summed E-state index contributed by atoms with van der Waals surface area (Å²) in [5.74, 6) is 0. The molecule has 2 aliphatic heterocycles. The molecule has 3 rings (SSSR count). The van der Waals surface area contributed by atoms with Gasteiger partial charge in [-0.3, -0.25) is 9.80 Å². The second-order valence-electron chi connectivity index (χ2n) is 6.87. The lowest BCUT2D eigenvalue weighted by Crippen LogP contribution is -2.30. The molecule has 0 spiro atoms. The maximum atomic E-state index is 4.09. The predicted molar refractivity (Wildman–Crippen MR) is 93.7 cm³/mol. The van der Waals surface area contributed by atoms with Gasteiger partial charge in [-0.25, -0.2) is 0 Å². The van der Waals surface area contributed by atoms with Crippen molar-refractivity contribution in [3.63, 3.8) is 0 Å². The molecule has 2 fully saturated rings. The Kier molecular flexibility index (Phi) is 5.12. The second kappa shape index (κ2) is 7.26. The molecule has 0 amide bonds. The minimum absolute atomic E-state index is 1.08. The molecule has 2 aliphatic rings. The van der Waals surface area contributed by atoms with E-state index in [1.54, 1.807) is 0 Å². The van der Waals surface area contributed by atoms with Crippen molar-refractivity contribution in [3.8, 4) is 0 Å². The SMILES string of the molecule is C=C1CCN(Cc2ccc(CN3CCC(=C)CC3)cc2)CC1. The number of hydrogen-bond acceptors (Lipinski definition) is 2. The maximum absolute atomic E-state index is 4.09. The summed E-state index contributed by atoms with van der Waals surface area (Å²) in [4.78, 5) is 5.08. The van der Waals surface area contributed by atoms with Crippen molar-refractivity contribution in [1.82, 2.24) is 9.80 Å². The fourth-order valence-electron chi connectivity index (χ4n) is 3.32. The van der Waals surface area contributed by atoms with E-state index >= 15 is 0 Å². The van der Waals surface area contributed by atoms with Crippen molar-refractivity contribution in [2.75, 3.05) is 26.2 Å². The Morgan fingerprint density at radius 3 is 1.27 bits per heavy atom. The Hall–Kier alpha value is -1.38. The summed E-state index contributed by atoms with van der Waals surface area (Å²) in [7, 11) is 0. The van der Waals surface area contributed by atoms with E-state index in [-0.39, 0.29) is 0 Å². The zero-order valence-corrected chi connectivity index (χ0v) is 13.7. The van der Waals surface area contributed by atoms with Crippen LogP contribution in [0.5, 0.6) is 0 Å². The third-order valence-corrected chi connectivity index (χ3v) is 4.96. The first-order valence-electron chi connectivity index (χ1n) is 8.55. The van der Waals surface area contributed by atoms with Gasteiger partial charge >= 0.3 is 0 Å².